The van der Waals surface area contributed by atoms with Crippen LogP contribution in [0.25, 0.3) is 0 Å². The van der Waals surface area contributed by atoms with Crippen LogP contribution in [0.3, 0.4) is 0 Å². The summed E-state index contributed by atoms with van der Waals surface area (Å²) in [5.41, 5.74) is 2.81. The Morgan fingerprint density at radius 3 is 2.43 bits per heavy atom. The highest BCUT2D eigenvalue weighted by Gasteiger charge is 2.04. The van der Waals surface area contributed by atoms with E-state index in [-0.39, 0.29) is 0 Å². The minimum atomic E-state index is 1.08. The van der Waals surface area contributed by atoms with Gasteiger partial charge in [-0.2, -0.15) is 0 Å². The maximum absolute atomic E-state index is 2.44. The Labute approximate surface area is 101 Å². The van der Waals surface area contributed by atoms with Gasteiger partial charge in [-0.25, -0.2) is 0 Å². The standard InChI is InChI=1S/C12H18IN/c1-4-14(5-2)9-11-8-10(3)6-7-12(11)13/h6-8H,4-5,9H2,1-3H3. The van der Waals surface area contributed by atoms with Crippen LogP contribution in [-0.4, -0.2) is 18.0 Å². The topological polar surface area (TPSA) is 3.24 Å². The first-order chi connectivity index (χ1) is 6.67. The van der Waals surface area contributed by atoms with E-state index < -0.39 is 0 Å². The van der Waals surface area contributed by atoms with E-state index in [1.54, 1.807) is 0 Å². The summed E-state index contributed by atoms with van der Waals surface area (Å²) in [6.07, 6.45) is 0. The van der Waals surface area contributed by atoms with E-state index in [1.165, 1.54) is 14.7 Å². The van der Waals surface area contributed by atoms with Crippen LogP contribution in [0.2, 0.25) is 0 Å². The normalized spacial score (nSPS) is 10.9. The quantitative estimate of drug-likeness (QED) is 0.770. The molecule has 0 amide bonds. The predicted molar refractivity (Wildman–Crippen MR) is 70.5 cm³/mol. The van der Waals surface area contributed by atoms with Crippen molar-refractivity contribution in [1.29, 1.82) is 0 Å². The summed E-state index contributed by atoms with van der Waals surface area (Å²) in [4.78, 5) is 2.44. The molecule has 1 aromatic carbocycles. The molecule has 0 atom stereocenters. The molecule has 1 rings (SSSR count). The van der Waals surface area contributed by atoms with E-state index in [4.69, 9.17) is 0 Å². The van der Waals surface area contributed by atoms with Crippen molar-refractivity contribution in [3.05, 3.63) is 32.9 Å². The van der Waals surface area contributed by atoms with Crippen molar-refractivity contribution in [2.24, 2.45) is 0 Å². The molecule has 78 valence electrons. The SMILES string of the molecule is CCN(CC)Cc1cc(C)ccc1I. The zero-order chi connectivity index (χ0) is 10.6. The molecule has 0 heterocycles. The summed E-state index contributed by atoms with van der Waals surface area (Å²) in [7, 11) is 0. The van der Waals surface area contributed by atoms with E-state index in [1.807, 2.05) is 0 Å². The molecule has 0 bridgehead atoms. The van der Waals surface area contributed by atoms with Gasteiger partial charge in [0.2, 0.25) is 0 Å². The third-order valence-corrected chi connectivity index (χ3v) is 3.54. The summed E-state index contributed by atoms with van der Waals surface area (Å²) in [6.45, 7) is 9.91. The fraction of sp³-hybridized carbons (Fsp3) is 0.500. The van der Waals surface area contributed by atoms with Crippen molar-refractivity contribution in [3.63, 3.8) is 0 Å². The molecule has 0 unspecified atom stereocenters. The zero-order valence-electron chi connectivity index (χ0n) is 9.18. The van der Waals surface area contributed by atoms with Crippen molar-refractivity contribution in [2.45, 2.75) is 27.3 Å². The fourth-order valence-electron chi connectivity index (χ4n) is 1.51. The molecular weight excluding hydrogens is 285 g/mol. The van der Waals surface area contributed by atoms with Crippen LogP contribution in [-0.2, 0) is 6.54 Å². The van der Waals surface area contributed by atoms with E-state index in [9.17, 15) is 0 Å². The molecule has 0 aromatic heterocycles. The van der Waals surface area contributed by atoms with Crippen LogP contribution < -0.4 is 0 Å². The number of aryl methyl sites for hydroxylation is 1. The second-order valence-corrected chi connectivity index (χ2v) is 4.72. The van der Waals surface area contributed by atoms with Crippen molar-refractivity contribution in [3.8, 4) is 0 Å². The van der Waals surface area contributed by atoms with Gasteiger partial charge in [-0.1, -0.05) is 31.5 Å². The monoisotopic (exact) mass is 303 g/mol. The Hall–Kier alpha value is -0.0900. The summed E-state index contributed by atoms with van der Waals surface area (Å²) in [5, 5.41) is 0. The minimum Gasteiger partial charge on any atom is -0.300 e. The zero-order valence-corrected chi connectivity index (χ0v) is 11.3. The molecule has 2 heteroatoms. The van der Waals surface area contributed by atoms with Crippen molar-refractivity contribution in [1.82, 2.24) is 4.90 Å². The van der Waals surface area contributed by atoms with Gasteiger partial charge in [0.25, 0.3) is 0 Å². The highest BCUT2D eigenvalue weighted by atomic mass is 127. The van der Waals surface area contributed by atoms with Gasteiger partial charge in [-0.05, 0) is 54.2 Å². The molecule has 0 radical (unpaired) electrons. The lowest BCUT2D eigenvalue weighted by atomic mass is 10.1. The van der Waals surface area contributed by atoms with Gasteiger partial charge in [0, 0.05) is 10.1 Å². The van der Waals surface area contributed by atoms with Gasteiger partial charge in [0.1, 0.15) is 0 Å². The van der Waals surface area contributed by atoms with Crippen molar-refractivity contribution in [2.75, 3.05) is 13.1 Å². The van der Waals surface area contributed by atoms with E-state index >= 15 is 0 Å². The van der Waals surface area contributed by atoms with Crippen LogP contribution in [0.1, 0.15) is 25.0 Å². The number of hydrogen-bond donors (Lipinski definition) is 0. The van der Waals surface area contributed by atoms with Gasteiger partial charge in [0.15, 0.2) is 0 Å². The number of rotatable bonds is 4. The molecule has 0 N–H and O–H groups in total. The van der Waals surface area contributed by atoms with Crippen molar-refractivity contribution >= 4 is 22.6 Å². The summed E-state index contributed by atoms with van der Waals surface area (Å²) >= 11 is 2.42. The lowest BCUT2D eigenvalue weighted by molar-refractivity contribution is 0.295. The second kappa shape index (κ2) is 5.71. The van der Waals surface area contributed by atoms with E-state index in [2.05, 4.69) is 66.5 Å². The van der Waals surface area contributed by atoms with Crippen LogP contribution in [0.5, 0.6) is 0 Å². The van der Waals surface area contributed by atoms with Crippen LogP contribution in [0.4, 0.5) is 0 Å². The Bertz CT molecular complexity index is 292. The number of hydrogen-bond acceptors (Lipinski definition) is 1. The molecule has 14 heavy (non-hydrogen) atoms. The first-order valence-corrected chi connectivity index (χ1v) is 6.22. The average Bonchev–Trinajstić information content (AvgIpc) is 2.19. The minimum absolute atomic E-state index is 1.08. The number of halogens is 1. The number of benzene rings is 1. The second-order valence-electron chi connectivity index (χ2n) is 3.56. The first kappa shape index (κ1) is 12.0. The molecule has 0 saturated carbocycles. The largest absolute Gasteiger partial charge is 0.300 e. The average molecular weight is 303 g/mol. The van der Waals surface area contributed by atoms with Crippen LogP contribution in [0.15, 0.2) is 18.2 Å². The van der Waals surface area contributed by atoms with Crippen LogP contribution in [0, 0.1) is 10.5 Å². The van der Waals surface area contributed by atoms with Gasteiger partial charge >= 0.3 is 0 Å². The first-order valence-electron chi connectivity index (χ1n) is 5.14. The summed E-state index contributed by atoms with van der Waals surface area (Å²) < 4.78 is 1.38. The Morgan fingerprint density at radius 1 is 1.21 bits per heavy atom. The Balaban J connectivity index is 2.79. The predicted octanol–water partition coefficient (Wildman–Crippen LogP) is 3.44. The Kier molecular flexibility index (Phi) is 4.89. The maximum atomic E-state index is 2.44. The van der Waals surface area contributed by atoms with Gasteiger partial charge in [-0.3, -0.25) is 4.90 Å². The molecular formula is C12H18IN. The Morgan fingerprint density at radius 2 is 1.86 bits per heavy atom. The highest BCUT2D eigenvalue weighted by Crippen LogP contribution is 2.16. The van der Waals surface area contributed by atoms with Crippen molar-refractivity contribution < 1.29 is 0 Å². The van der Waals surface area contributed by atoms with E-state index in [0.717, 1.165) is 19.6 Å². The smallest absolute Gasteiger partial charge is 0.0244 e. The highest BCUT2D eigenvalue weighted by molar-refractivity contribution is 14.1. The molecule has 1 aromatic rings. The molecule has 1 nitrogen and oxygen atoms in total. The lowest BCUT2D eigenvalue weighted by Crippen LogP contribution is -2.22. The molecule has 0 fully saturated rings. The van der Waals surface area contributed by atoms with E-state index in [0.29, 0.717) is 0 Å². The van der Waals surface area contributed by atoms with Gasteiger partial charge < -0.3 is 0 Å². The maximum Gasteiger partial charge on any atom is 0.0244 e. The third kappa shape index (κ3) is 3.24. The lowest BCUT2D eigenvalue weighted by Gasteiger charge is -2.19. The molecule has 0 aliphatic heterocycles. The fourth-order valence-corrected chi connectivity index (χ4v) is 2.02. The third-order valence-electron chi connectivity index (χ3n) is 2.49. The molecule has 0 aliphatic carbocycles. The molecule has 0 spiro atoms. The molecule has 0 saturated heterocycles. The van der Waals surface area contributed by atoms with Gasteiger partial charge in [0.05, 0.1) is 0 Å². The molecule has 0 aliphatic rings. The van der Waals surface area contributed by atoms with Crippen LogP contribution >= 0.6 is 22.6 Å². The summed E-state index contributed by atoms with van der Waals surface area (Å²) in [5.74, 6) is 0. The summed E-state index contributed by atoms with van der Waals surface area (Å²) in [6, 6.07) is 6.67. The van der Waals surface area contributed by atoms with Gasteiger partial charge in [-0.15, -0.1) is 0 Å². The number of nitrogens with zero attached hydrogens (tertiary/aromatic N) is 1.